The lowest BCUT2D eigenvalue weighted by molar-refractivity contribution is 0.600. The molecule has 1 heterocycles. The number of benzene rings is 1. The molecule has 0 bridgehead atoms. The number of hydrogen-bond acceptors (Lipinski definition) is 4. The lowest BCUT2D eigenvalue weighted by atomic mass is 10.2. The molecule has 2 rings (SSSR count). The Morgan fingerprint density at radius 3 is 2.62 bits per heavy atom. The second kappa shape index (κ2) is 5.74. The number of hydrogen-bond donors (Lipinski definition) is 3. The first-order chi connectivity index (χ1) is 9.72. The topological polar surface area (TPSA) is 101 Å². The third-order valence-electron chi connectivity index (χ3n) is 2.82. The molecule has 0 spiro atoms. The number of nitrogens with one attached hydrogen (secondary N) is 2. The first-order valence-electron chi connectivity index (χ1n) is 5.86. The van der Waals surface area contributed by atoms with Gasteiger partial charge in [-0.15, -0.1) is 0 Å². The average molecular weight is 389 g/mol. The number of aryl methyl sites for hydroxylation is 2. The molecule has 0 aliphatic rings. The van der Waals surface area contributed by atoms with Crippen LogP contribution in [0.5, 0.6) is 0 Å². The summed E-state index contributed by atoms with van der Waals surface area (Å²) in [5.41, 5.74) is 7.26. The first-order valence-corrected chi connectivity index (χ1v) is 8.54. The summed E-state index contributed by atoms with van der Waals surface area (Å²) >= 11 is 8.24. The van der Waals surface area contributed by atoms with Gasteiger partial charge >= 0.3 is 0 Å². The van der Waals surface area contributed by atoms with Gasteiger partial charge in [-0.05, 0) is 32.0 Å². The van der Waals surface area contributed by atoms with Crippen molar-refractivity contribution in [2.45, 2.75) is 18.7 Å². The van der Waals surface area contributed by atoms with E-state index >= 15 is 0 Å². The molecule has 9 heteroatoms. The van der Waals surface area contributed by atoms with Crippen molar-refractivity contribution >= 4 is 48.8 Å². The molecule has 0 saturated heterocycles. The van der Waals surface area contributed by atoms with Gasteiger partial charge in [-0.25, -0.2) is 8.42 Å². The monoisotopic (exact) mass is 388 g/mol. The number of nitrogens with two attached hydrogens (primary N) is 1. The Bertz CT molecular complexity index is 795. The maximum atomic E-state index is 12.5. The molecule has 0 unspecified atom stereocenters. The predicted octanol–water partition coefficient (Wildman–Crippen LogP) is 2.22. The number of rotatable bonds is 4. The standard InChI is InChI=1S/C12H13BrN4O2S2/c1-6-11(7(2)16-15-6)21(18,19)17-10-5-8(13)3-4-9(10)12(14)20/h3-5,17H,1-2H3,(H2,14,20)(H,15,16). The summed E-state index contributed by atoms with van der Waals surface area (Å²) in [7, 11) is -3.78. The van der Waals surface area contributed by atoms with E-state index in [4.69, 9.17) is 18.0 Å². The second-order valence-electron chi connectivity index (χ2n) is 4.42. The van der Waals surface area contributed by atoms with Crippen molar-refractivity contribution in [3.8, 4) is 0 Å². The summed E-state index contributed by atoms with van der Waals surface area (Å²) in [6.45, 7) is 3.26. The van der Waals surface area contributed by atoms with Crippen LogP contribution in [0.15, 0.2) is 27.6 Å². The van der Waals surface area contributed by atoms with Crippen LogP contribution in [0.25, 0.3) is 0 Å². The number of nitrogens with zero attached hydrogens (tertiary/aromatic N) is 1. The summed E-state index contributed by atoms with van der Waals surface area (Å²) < 4.78 is 28.3. The van der Waals surface area contributed by atoms with Crippen LogP contribution >= 0.6 is 28.1 Å². The van der Waals surface area contributed by atoms with Crippen LogP contribution in [0.3, 0.4) is 0 Å². The van der Waals surface area contributed by atoms with Crippen molar-refractivity contribution in [3.05, 3.63) is 39.6 Å². The number of H-pyrrole nitrogens is 1. The number of anilines is 1. The molecule has 21 heavy (non-hydrogen) atoms. The second-order valence-corrected chi connectivity index (χ2v) is 7.40. The minimum Gasteiger partial charge on any atom is -0.389 e. The van der Waals surface area contributed by atoms with Crippen LogP contribution in [0.2, 0.25) is 0 Å². The smallest absolute Gasteiger partial charge is 0.265 e. The van der Waals surface area contributed by atoms with Crippen molar-refractivity contribution in [2.24, 2.45) is 5.73 Å². The van der Waals surface area contributed by atoms with Gasteiger partial charge in [-0.1, -0.05) is 28.1 Å². The summed E-state index contributed by atoms with van der Waals surface area (Å²) in [5.74, 6) is 0. The highest BCUT2D eigenvalue weighted by Crippen LogP contribution is 2.26. The van der Waals surface area contributed by atoms with E-state index in [0.29, 0.717) is 27.1 Å². The highest BCUT2D eigenvalue weighted by atomic mass is 79.9. The van der Waals surface area contributed by atoms with Crippen LogP contribution in [-0.2, 0) is 10.0 Å². The molecule has 0 atom stereocenters. The van der Waals surface area contributed by atoms with E-state index in [2.05, 4.69) is 30.8 Å². The Labute approximate surface area is 136 Å². The quantitative estimate of drug-likeness (QED) is 0.697. The van der Waals surface area contributed by atoms with Crippen LogP contribution in [-0.4, -0.2) is 23.6 Å². The zero-order valence-electron chi connectivity index (χ0n) is 11.3. The number of halogens is 1. The van der Waals surface area contributed by atoms with Crippen LogP contribution in [0.4, 0.5) is 5.69 Å². The van der Waals surface area contributed by atoms with Crippen LogP contribution in [0, 0.1) is 13.8 Å². The lowest BCUT2D eigenvalue weighted by Crippen LogP contribution is -2.19. The number of sulfonamides is 1. The molecule has 1 aromatic carbocycles. The molecule has 0 aliphatic heterocycles. The fourth-order valence-electron chi connectivity index (χ4n) is 1.95. The molecule has 112 valence electrons. The number of aromatic nitrogens is 2. The van der Waals surface area contributed by atoms with Gasteiger partial charge in [0.1, 0.15) is 9.88 Å². The normalized spacial score (nSPS) is 11.4. The van der Waals surface area contributed by atoms with E-state index in [1.165, 1.54) is 0 Å². The minimum atomic E-state index is -3.78. The van der Waals surface area contributed by atoms with E-state index in [1.54, 1.807) is 32.0 Å². The average Bonchev–Trinajstić information content (AvgIpc) is 2.68. The fourth-order valence-corrected chi connectivity index (χ4v) is 3.93. The number of aromatic amines is 1. The molecule has 0 radical (unpaired) electrons. The summed E-state index contributed by atoms with van der Waals surface area (Å²) in [4.78, 5) is 0.234. The maximum absolute atomic E-state index is 12.5. The fraction of sp³-hybridized carbons (Fsp3) is 0.167. The van der Waals surface area contributed by atoms with E-state index in [1.807, 2.05) is 0 Å². The van der Waals surface area contributed by atoms with Gasteiger partial charge < -0.3 is 5.73 Å². The molecule has 0 fully saturated rings. The highest BCUT2D eigenvalue weighted by molar-refractivity contribution is 9.10. The Hall–Kier alpha value is -1.45. The molecular weight excluding hydrogens is 376 g/mol. The van der Waals surface area contributed by atoms with Crippen molar-refractivity contribution in [1.82, 2.24) is 10.2 Å². The van der Waals surface area contributed by atoms with Gasteiger partial charge in [0, 0.05) is 10.0 Å². The van der Waals surface area contributed by atoms with Crippen molar-refractivity contribution in [2.75, 3.05) is 4.72 Å². The van der Waals surface area contributed by atoms with Crippen molar-refractivity contribution in [3.63, 3.8) is 0 Å². The zero-order valence-corrected chi connectivity index (χ0v) is 14.5. The van der Waals surface area contributed by atoms with Crippen LogP contribution < -0.4 is 10.5 Å². The van der Waals surface area contributed by atoms with Crippen molar-refractivity contribution in [1.29, 1.82) is 0 Å². The Morgan fingerprint density at radius 1 is 1.43 bits per heavy atom. The summed E-state index contributed by atoms with van der Waals surface area (Å²) in [5, 5.41) is 6.54. The van der Waals surface area contributed by atoms with Gasteiger partial charge in [-0.3, -0.25) is 9.82 Å². The Kier molecular flexibility index (Phi) is 4.35. The predicted molar refractivity (Wildman–Crippen MR) is 88.9 cm³/mol. The number of thiocarbonyl (C=S) groups is 1. The SMILES string of the molecule is Cc1n[nH]c(C)c1S(=O)(=O)Nc1cc(Br)ccc1C(N)=S. The van der Waals surface area contributed by atoms with E-state index in [0.717, 1.165) is 0 Å². The molecule has 0 amide bonds. The third-order valence-corrected chi connectivity index (χ3v) is 5.16. The summed E-state index contributed by atoms with van der Waals surface area (Å²) in [6.07, 6.45) is 0. The van der Waals surface area contributed by atoms with E-state index in [9.17, 15) is 8.42 Å². The maximum Gasteiger partial charge on any atom is 0.265 e. The minimum absolute atomic E-state index is 0.112. The zero-order chi connectivity index (χ0) is 15.8. The first kappa shape index (κ1) is 15.9. The van der Waals surface area contributed by atoms with Gasteiger partial charge in [0.15, 0.2) is 0 Å². The van der Waals surface area contributed by atoms with Gasteiger partial charge in [0.05, 0.1) is 17.1 Å². The summed E-state index contributed by atoms with van der Waals surface area (Å²) in [6, 6.07) is 5.00. The third kappa shape index (κ3) is 3.25. The van der Waals surface area contributed by atoms with Gasteiger partial charge in [-0.2, -0.15) is 5.10 Å². The van der Waals surface area contributed by atoms with Gasteiger partial charge in [0.2, 0.25) is 0 Å². The molecule has 1 aromatic heterocycles. The molecular formula is C12H13BrN4O2S2. The highest BCUT2D eigenvalue weighted by Gasteiger charge is 2.23. The van der Waals surface area contributed by atoms with E-state index in [-0.39, 0.29) is 9.88 Å². The largest absolute Gasteiger partial charge is 0.389 e. The van der Waals surface area contributed by atoms with Gasteiger partial charge in [0.25, 0.3) is 10.0 Å². The molecule has 0 aliphatic carbocycles. The lowest BCUT2D eigenvalue weighted by Gasteiger charge is -2.12. The molecule has 4 N–H and O–H groups in total. The molecule has 6 nitrogen and oxygen atoms in total. The Morgan fingerprint density at radius 2 is 2.10 bits per heavy atom. The van der Waals surface area contributed by atoms with E-state index < -0.39 is 10.0 Å². The van der Waals surface area contributed by atoms with Crippen LogP contribution in [0.1, 0.15) is 17.0 Å². The Balaban J connectivity index is 2.51. The molecule has 0 saturated carbocycles. The van der Waals surface area contributed by atoms with Crippen molar-refractivity contribution < 1.29 is 8.42 Å². The molecule has 2 aromatic rings.